The Morgan fingerprint density at radius 2 is 1.67 bits per heavy atom. The number of fused-ring (bicyclic) bond motifs is 1. The Kier molecular flexibility index (Phi) is 11.3. The molecule has 296 valence electrons. The number of amides is 2. The SMILES string of the molecule is COc1ccc(S(=O)(=O)N2C(=O)C(c3cc(/C=C/C(=O)OC(C)(C)C)ccc3OC)(N3C[C@H](O)C[C@H]3C(=O)N(C)C)c3cc(Cl)ccc32)c(OC(F)(F)F)c1. The van der Waals surface area contributed by atoms with Gasteiger partial charge in [-0.25, -0.2) is 17.5 Å². The topological polar surface area (TPSA) is 152 Å². The van der Waals surface area contributed by atoms with E-state index in [0.29, 0.717) is 15.9 Å². The summed E-state index contributed by atoms with van der Waals surface area (Å²) in [6.07, 6.45) is -4.21. The molecule has 0 radical (unpaired) electrons. The third-order valence-corrected chi connectivity index (χ3v) is 10.8. The molecule has 0 aromatic heterocycles. The Labute approximate surface area is 320 Å². The van der Waals surface area contributed by atoms with Gasteiger partial charge in [-0.15, -0.1) is 13.2 Å². The fraction of sp³-hybridized carbons (Fsp3) is 0.378. The summed E-state index contributed by atoms with van der Waals surface area (Å²) >= 11 is 6.55. The van der Waals surface area contributed by atoms with Crippen LogP contribution >= 0.6 is 11.6 Å². The number of likely N-dealkylation sites (tertiary alicyclic amines) is 1. The second-order valence-electron chi connectivity index (χ2n) is 13.9. The number of β-amino-alcohol motifs (C(OH)–C–C–N with tert-alkyl or cyclic N) is 1. The quantitative estimate of drug-likeness (QED) is 0.215. The van der Waals surface area contributed by atoms with Crippen LogP contribution in [0.15, 0.2) is 65.6 Å². The van der Waals surface area contributed by atoms with Gasteiger partial charge in [-0.05, 0) is 81.3 Å². The molecule has 0 aliphatic carbocycles. The van der Waals surface area contributed by atoms with Gasteiger partial charge in [-0.1, -0.05) is 17.7 Å². The van der Waals surface area contributed by atoms with Gasteiger partial charge >= 0.3 is 12.3 Å². The fourth-order valence-electron chi connectivity index (χ4n) is 6.74. The van der Waals surface area contributed by atoms with E-state index in [0.717, 1.165) is 25.3 Å². The number of anilines is 1. The Balaban J connectivity index is 1.86. The van der Waals surface area contributed by atoms with Crippen molar-refractivity contribution < 1.29 is 60.0 Å². The molecule has 0 spiro atoms. The molecule has 3 aromatic rings. The second-order valence-corrected chi connectivity index (χ2v) is 16.1. The lowest BCUT2D eigenvalue weighted by Gasteiger charge is -2.42. The number of rotatable bonds is 10. The van der Waals surface area contributed by atoms with Gasteiger partial charge in [0.15, 0.2) is 11.3 Å². The van der Waals surface area contributed by atoms with Crippen molar-refractivity contribution >= 4 is 51.2 Å². The molecule has 0 saturated carbocycles. The van der Waals surface area contributed by atoms with Crippen molar-refractivity contribution in [1.82, 2.24) is 9.80 Å². The van der Waals surface area contributed by atoms with Gasteiger partial charge in [0.05, 0.1) is 32.1 Å². The van der Waals surface area contributed by atoms with E-state index in [1.54, 1.807) is 26.8 Å². The van der Waals surface area contributed by atoms with Crippen molar-refractivity contribution in [2.24, 2.45) is 0 Å². The molecule has 1 unspecified atom stereocenters. The van der Waals surface area contributed by atoms with Crippen LogP contribution in [-0.4, -0.2) is 100 Å². The van der Waals surface area contributed by atoms with Crippen LogP contribution in [0.2, 0.25) is 5.02 Å². The van der Waals surface area contributed by atoms with Crippen LogP contribution in [-0.2, 0) is 34.7 Å². The number of sulfonamides is 1. The van der Waals surface area contributed by atoms with E-state index < -0.39 is 68.1 Å². The second kappa shape index (κ2) is 15.0. The molecule has 0 bridgehead atoms. The van der Waals surface area contributed by atoms with Crippen molar-refractivity contribution in [2.75, 3.05) is 39.2 Å². The van der Waals surface area contributed by atoms with Crippen molar-refractivity contribution in [3.8, 4) is 17.2 Å². The van der Waals surface area contributed by atoms with Gasteiger partial charge in [-0.2, -0.15) is 0 Å². The van der Waals surface area contributed by atoms with Crippen LogP contribution in [0.5, 0.6) is 17.2 Å². The van der Waals surface area contributed by atoms with Crippen LogP contribution in [0.1, 0.15) is 43.9 Å². The highest BCUT2D eigenvalue weighted by Crippen LogP contribution is 2.55. The number of likely N-dealkylation sites (N-methyl/N-ethyl adjacent to an activating group) is 1. The first-order valence-corrected chi connectivity index (χ1v) is 18.5. The average molecular weight is 810 g/mol. The number of nitrogens with zero attached hydrogens (tertiary/aromatic N) is 3. The van der Waals surface area contributed by atoms with Crippen molar-refractivity contribution in [2.45, 2.75) is 61.7 Å². The van der Waals surface area contributed by atoms with E-state index in [2.05, 4.69) is 4.74 Å². The summed E-state index contributed by atoms with van der Waals surface area (Å²) < 4.78 is 91.3. The van der Waals surface area contributed by atoms with Crippen LogP contribution in [0.4, 0.5) is 18.9 Å². The summed E-state index contributed by atoms with van der Waals surface area (Å²) in [6, 6.07) is 9.57. The summed E-state index contributed by atoms with van der Waals surface area (Å²) in [4.78, 5) is 43.6. The number of benzene rings is 3. The zero-order valence-corrected chi connectivity index (χ0v) is 32.4. The lowest BCUT2D eigenvalue weighted by atomic mass is 9.80. The number of aliphatic hydroxyl groups excluding tert-OH is 1. The van der Waals surface area contributed by atoms with Crippen molar-refractivity contribution in [1.29, 1.82) is 0 Å². The molecule has 2 amide bonds. The lowest BCUT2D eigenvalue weighted by Crippen LogP contribution is -2.59. The molecule has 5 rings (SSSR count). The number of esters is 1. The van der Waals surface area contributed by atoms with Gasteiger partial charge in [-0.3, -0.25) is 14.5 Å². The molecule has 2 heterocycles. The third kappa shape index (κ3) is 7.97. The van der Waals surface area contributed by atoms with E-state index in [1.807, 2.05) is 0 Å². The molecule has 3 atom stereocenters. The number of carbonyl (C=O) groups is 3. The maximum absolute atomic E-state index is 15.6. The monoisotopic (exact) mass is 809 g/mol. The minimum Gasteiger partial charge on any atom is -0.497 e. The minimum atomic E-state index is -5.35. The first-order valence-electron chi connectivity index (χ1n) is 16.6. The van der Waals surface area contributed by atoms with E-state index in [1.165, 1.54) is 67.4 Å². The number of alkyl halides is 3. The summed E-state index contributed by atoms with van der Waals surface area (Å²) in [5.41, 5.74) is -3.34. The van der Waals surface area contributed by atoms with E-state index in [4.69, 9.17) is 25.8 Å². The highest BCUT2D eigenvalue weighted by molar-refractivity contribution is 7.93. The highest BCUT2D eigenvalue weighted by atomic mass is 35.5. The minimum absolute atomic E-state index is 0.0101. The van der Waals surface area contributed by atoms with Crippen LogP contribution in [0, 0.1) is 0 Å². The van der Waals surface area contributed by atoms with E-state index in [-0.39, 0.29) is 46.3 Å². The zero-order chi connectivity index (χ0) is 40.8. The number of aliphatic hydroxyl groups is 1. The average Bonchev–Trinajstić information content (AvgIpc) is 3.59. The first kappa shape index (κ1) is 41.3. The molecule has 1 fully saturated rings. The summed E-state index contributed by atoms with van der Waals surface area (Å²) in [5.74, 6) is -3.86. The molecule has 55 heavy (non-hydrogen) atoms. The maximum atomic E-state index is 15.6. The van der Waals surface area contributed by atoms with Gasteiger partial charge in [0.25, 0.3) is 15.9 Å². The summed E-state index contributed by atoms with van der Waals surface area (Å²) in [5, 5.41) is 11.1. The predicted octanol–water partition coefficient (Wildman–Crippen LogP) is 5.11. The van der Waals surface area contributed by atoms with Gasteiger partial charge < -0.3 is 29.0 Å². The number of hydrogen-bond acceptors (Lipinski definition) is 11. The summed E-state index contributed by atoms with van der Waals surface area (Å²) in [7, 11) is 0.0371. The molecular formula is C37H39ClF3N3O10S. The Morgan fingerprint density at radius 1 is 0.982 bits per heavy atom. The normalized spacial score (nSPS) is 20.4. The van der Waals surface area contributed by atoms with Crippen LogP contribution < -0.4 is 18.5 Å². The number of ether oxygens (including phenoxy) is 4. The van der Waals surface area contributed by atoms with Gasteiger partial charge in [0.1, 0.15) is 22.0 Å². The van der Waals surface area contributed by atoms with Crippen molar-refractivity contribution in [3.05, 3.63) is 82.4 Å². The largest absolute Gasteiger partial charge is 0.573 e. The molecule has 13 nitrogen and oxygen atoms in total. The maximum Gasteiger partial charge on any atom is 0.573 e. The standard InChI is InChI=1S/C37H39ClF3N3O10S/c1-35(2,3)54-32(46)15-9-21-8-13-29(52-7)26(16-21)36(43-20-23(45)18-28(43)33(47)42(4)5)25-17-22(38)10-12-27(25)44(34(36)48)55(49,50)31-14-11-24(51-6)19-30(31)53-37(39,40)41/h8-17,19,23,28,45H,18,20H2,1-7H3/b15-9+/t23-,28+,36?/m1/s1. The molecule has 1 saturated heterocycles. The van der Waals surface area contributed by atoms with Crippen LogP contribution in [0.3, 0.4) is 0 Å². The predicted molar refractivity (Wildman–Crippen MR) is 194 cm³/mol. The Bertz CT molecular complexity index is 2160. The van der Waals surface area contributed by atoms with E-state index >= 15 is 4.79 Å². The molecule has 2 aliphatic heterocycles. The number of hydrogen-bond donors (Lipinski definition) is 1. The molecule has 2 aliphatic rings. The Morgan fingerprint density at radius 3 is 2.27 bits per heavy atom. The van der Waals surface area contributed by atoms with E-state index in [9.17, 15) is 36.3 Å². The number of methoxy groups -OCH3 is 2. The fourth-order valence-corrected chi connectivity index (χ4v) is 8.47. The molecule has 1 N–H and O–H groups in total. The first-order chi connectivity index (χ1) is 25.5. The number of carbonyl (C=O) groups excluding carboxylic acids is 3. The Hall–Kier alpha value is -4.84. The third-order valence-electron chi connectivity index (χ3n) is 8.82. The molecular weight excluding hydrogens is 771 g/mol. The molecule has 18 heteroatoms. The highest BCUT2D eigenvalue weighted by Gasteiger charge is 2.64. The van der Waals surface area contributed by atoms with Gasteiger partial charge in [0, 0.05) is 48.9 Å². The van der Waals surface area contributed by atoms with Crippen molar-refractivity contribution in [3.63, 3.8) is 0 Å². The lowest BCUT2D eigenvalue weighted by molar-refractivity contribution is -0.275. The number of halogens is 4. The summed E-state index contributed by atoms with van der Waals surface area (Å²) in [6.45, 7) is 4.69. The smallest absolute Gasteiger partial charge is 0.497 e. The van der Waals surface area contributed by atoms with Crippen LogP contribution in [0.25, 0.3) is 6.08 Å². The van der Waals surface area contributed by atoms with Gasteiger partial charge in [0.2, 0.25) is 5.91 Å². The zero-order valence-electron chi connectivity index (χ0n) is 30.8. The molecule has 3 aromatic carbocycles.